The Hall–Kier alpha value is -0.840. The summed E-state index contributed by atoms with van der Waals surface area (Å²) in [6.45, 7) is 5.00. The molecule has 1 atom stereocenters. The molecule has 0 saturated heterocycles. The fourth-order valence-corrected chi connectivity index (χ4v) is 3.53. The highest BCUT2D eigenvalue weighted by Gasteiger charge is 2.12. The van der Waals surface area contributed by atoms with Crippen molar-refractivity contribution in [3.63, 3.8) is 0 Å². The Labute approximate surface area is 123 Å². The molecule has 2 rings (SSSR count). The molecule has 2 N–H and O–H groups in total. The first kappa shape index (κ1) is 14.6. The van der Waals surface area contributed by atoms with Gasteiger partial charge in [-0.25, -0.2) is 4.98 Å². The second-order valence-electron chi connectivity index (χ2n) is 4.38. The van der Waals surface area contributed by atoms with Gasteiger partial charge in [-0.1, -0.05) is 26.0 Å². The number of rotatable bonds is 6. The van der Waals surface area contributed by atoms with E-state index < -0.39 is 0 Å². The third-order valence-electron chi connectivity index (χ3n) is 3.13. The largest absolute Gasteiger partial charge is 0.330 e. The molecule has 0 aliphatic heterocycles. The van der Waals surface area contributed by atoms with Gasteiger partial charge in [0.25, 0.3) is 0 Å². The number of benzene rings is 1. The van der Waals surface area contributed by atoms with Crippen molar-refractivity contribution in [3.8, 4) is 10.6 Å². The van der Waals surface area contributed by atoms with Gasteiger partial charge < -0.3 is 5.73 Å². The first-order valence-corrected chi connectivity index (χ1v) is 8.53. The van der Waals surface area contributed by atoms with Crippen LogP contribution in [-0.4, -0.2) is 17.3 Å². The molecule has 0 amide bonds. The van der Waals surface area contributed by atoms with Crippen LogP contribution in [0.5, 0.6) is 0 Å². The van der Waals surface area contributed by atoms with Crippen LogP contribution in [-0.2, 0) is 0 Å². The third kappa shape index (κ3) is 3.59. The Bertz CT molecular complexity index is 501. The van der Waals surface area contributed by atoms with Gasteiger partial charge in [0.2, 0.25) is 0 Å². The summed E-state index contributed by atoms with van der Waals surface area (Å²) in [6, 6.07) is 8.66. The van der Waals surface area contributed by atoms with Crippen molar-refractivity contribution >= 4 is 23.1 Å². The maximum atomic E-state index is 5.78. The molecule has 0 aliphatic carbocycles. The Morgan fingerprint density at radius 1 is 1.26 bits per heavy atom. The second kappa shape index (κ2) is 7.08. The van der Waals surface area contributed by atoms with E-state index in [9.17, 15) is 0 Å². The van der Waals surface area contributed by atoms with Crippen LogP contribution in [0.1, 0.15) is 31.9 Å². The van der Waals surface area contributed by atoms with Crippen LogP contribution in [0.2, 0.25) is 0 Å². The van der Waals surface area contributed by atoms with Crippen LogP contribution in [0.4, 0.5) is 0 Å². The molecule has 4 heteroatoms. The van der Waals surface area contributed by atoms with Gasteiger partial charge in [-0.05, 0) is 24.3 Å². The molecule has 0 spiro atoms. The molecule has 0 aliphatic rings. The van der Waals surface area contributed by atoms with Gasteiger partial charge in [-0.2, -0.15) is 0 Å². The van der Waals surface area contributed by atoms with Crippen molar-refractivity contribution < 1.29 is 0 Å². The minimum absolute atomic E-state index is 0.389. The summed E-state index contributed by atoms with van der Waals surface area (Å²) < 4.78 is 0. The van der Waals surface area contributed by atoms with Crippen molar-refractivity contribution in [3.05, 3.63) is 35.3 Å². The van der Waals surface area contributed by atoms with E-state index in [0.717, 1.165) is 22.9 Å². The zero-order valence-electron chi connectivity index (χ0n) is 11.4. The Kier molecular flexibility index (Phi) is 5.43. The topological polar surface area (TPSA) is 38.9 Å². The molecular formula is C15H20N2S2. The number of hydrogen-bond acceptors (Lipinski definition) is 4. The van der Waals surface area contributed by atoms with Crippen molar-refractivity contribution in [2.75, 3.05) is 12.3 Å². The van der Waals surface area contributed by atoms with Crippen LogP contribution < -0.4 is 5.73 Å². The highest BCUT2D eigenvalue weighted by Crippen LogP contribution is 2.29. The predicted molar refractivity (Wildman–Crippen MR) is 86.0 cm³/mol. The zero-order chi connectivity index (χ0) is 13.7. The molecule has 2 nitrogen and oxygen atoms in total. The summed E-state index contributed by atoms with van der Waals surface area (Å²) in [7, 11) is 0. The number of aromatic nitrogens is 1. The van der Waals surface area contributed by atoms with Crippen molar-refractivity contribution in [2.45, 2.75) is 31.1 Å². The molecule has 102 valence electrons. The first-order chi connectivity index (χ1) is 9.28. The van der Waals surface area contributed by atoms with Crippen molar-refractivity contribution in [2.24, 2.45) is 5.73 Å². The van der Waals surface area contributed by atoms with Crippen molar-refractivity contribution in [1.29, 1.82) is 0 Å². The summed E-state index contributed by atoms with van der Waals surface area (Å²) in [6.07, 6.45) is 1.05. The molecule has 2 aromatic rings. The summed E-state index contributed by atoms with van der Waals surface area (Å²) in [5.41, 5.74) is 8.11. The summed E-state index contributed by atoms with van der Waals surface area (Å²) in [5, 5.41) is 3.24. The maximum Gasteiger partial charge on any atom is 0.123 e. The monoisotopic (exact) mass is 292 g/mol. The molecule has 0 saturated carbocycles. The quantitative estimate of drug-likeness (QED) is 0.803. The highest BCUT2D eigenvalue weighted by molar-refractivity contribution is 7.99. The smallest absolute Gasteiger partial charge is 0.123 e. The first-order valence-electron chi connectivity index (χ1n) is 6.67. The molecule has 19 heavy (non-hydrogen) atoms. The second-order valence-corrected chi connectivity index (χ2v) is 6.57. The normalized spacial score (nSPS) is 12.6. The van der Waals surface area contributed by atoms with Gasteiger partial charge in [-0.15, -0.1) is 23.1 Å². The fourth-order valence-electron chi connectivity index (χ4n) is 1.96. The fraction of sp³-hybridized carbons (Fsp3) is 0.400. The standard InChI is InChI=1S/C15H20N2S2/c1-3-11(9-16)14-10-19-15(17-14)12-5-7-13(8-6-12)18-4-2/h5-8,10-11H,3-4,9,16H2,1-2H3. The Morgan fingerprint density at radius 3 is 2.58 bits per heavy atom. The Morgan fingerprint density at radius 2 is 2.00 bits per heavy atom. The van der Waals surface area contributed by atoms with Gasteiger partial charge >= 0.3 is 0 Å². The van der Waals surface area contributed by atoms with Gasteiger partial charge in [0.15, 0.2) is 0 Å². The lowest BCUT2D eigenvalue weighted by atomic mass is 10.0. The lowest BCUT2D eigenvalue weighted by molar-refractivity contribution is 0.659. The van der Waals surface area contributed by atoms with Crippen LogP contribution >= 0.6 is 23.1 Å². The molecular weight excluding hydrogens is 272 g/mol. The van der Waals surface area contributed by atoms with E-state index >= 15 is 0 Å². The van der Waals surface area contributed by atoms with E-state index in [0.29, 0.717) is 12.5 Å². The lowest BCUT2D eigenvalue weighted by Crippen LogP contribution is -2.11. The number of thiazole rings is 1. The minimum atomic E-state index is 0.389. The molecule has 1 aromatic carbocycles. The molecule has 1 aromatic heterocycles. The summed E-state index contributed by atoms with van der Waals surface area (Å²) in [4.78, 5) is 6.05. The third-order valence-corrected chi connectivity index (χ3v) is 4.93. The molecule has 1 heterocycles. The average Bonchev–Trinajstić information content (AvgIpc) is 2.91. The summed E-state index contributed by atoms with van der Waals surface area (Å²) in [5.74, 6) is 1.50. The van der Waals surface area contributed by atoms with Gasteiger partial charge in [0.1, 0.15) is 5.01 Å². The van der Waals surface area contributed by atoms with E-state index in [2.05, 4.69) is 43.5 Å². The molecule has 0 fully saturated rings. The van der Waals surface area contributed by atoms with E-state index in [4.69, 9.17) is 10.7 Å². The van der Waals surface area contributed by atoms with E-state index in [1.807, 2.05) is 11.8 Å². The van der Waals surface area contributed by atoms with E-state index in [-0.39, 0.29) is 0 Å². The number of nitrogens with two attached hydrogens (primary N) is 1. The number of nitrogens with zero attached hydrogens (tertiary/aromatic N) is 1. The average molecular weight is 292 g/mol. The van der Waals surface area contributed by atoms with E-state index in [1.54, 1.807) is 11.3 Å². The number of thioether (sulfide) groups is 1. The molecule has 1 unspecified atom stereocenters. The summed E-state index contributed by atoms with van der Waals surface area (Å²) >= 11 is 3.57. The van der Waals surface area contributed by atoms with E-state index in [1.165, 1.54) is 10.5 Å². The van der Waals surface area contributed by atoms with Crippen molar-refractivity contribution in [1.82, 2.24) is 4.98 Å². The SMILES string of the molecule is CCSc1ccc(-c2nc(C(CC)CN)cs2)cc1. The number of hydrogen-bond donors (Lipinski definition) is 1. The van der Waals surface area contributed by atoms with Crippen LogP contribution in [0, 0.1) is 0 Å². The van der Waals surface area contributed by atoms with Gasteiger partial charge in [-0.3, -0.25) is 0 Å². The lowest BCUT2D eigenvalue weighted by Gasteiger charge is -2.07. The van der Waals surface area contributed by atoms with Crippen LogP contribution in [0.25, 0.3) is 10.6 Å². The zero-order valence-corrected chi connectivity index (χ0v) is 13.1. The highest BCUT2D eigenvalue weighted by atomic mass is 32.2. The Balaban J connectivity index is 2.17. The predicted octanol–water partition coefficient (Wildman–Crippen LogP) is 4.37. The van der Waals surface area contributed by atoms with Crippen LogP contribution in [0.3, 0.4) is 0 Å². The van der Waals surface area contributed by atoms with Gasteiger partial charge in [0, 0.05) is 28.3 Å². The molecule has 0 bridgehead atoms. The minimum Gasteiger partial charge on any atom is -0.330 e. The molecule has 0 radical (unpaired) electrons. The van der Waals surface area contributed by atoms with Gasteiger partial charge in [0.05, 0.1) is 5.69 Å². The maximum absolute atomic E-state index is 5.78. The van der Waals surface area contributed by atoms with Crippen LogP contribution in [0.15, 0.2) is 34.5 Å².